The minimum absolute atomic E-state index is 0.357. The lowest BCUT2D eigenvalue weighted by atomic mass is 9.82. The molecule has 1 saturated heterocycles. The number of methoxy groups -OCH3 is 1. The van der Waals surface area contributed by atoms with Crippen molar-refractivity contribution in [1.29, 1.82) is 0 Å². The number of hydrogen-bond donors (Lipinski definition) is 0. The third-order valence-electron chi connectivity index (χ3n) is 8.10. The molecule has 1 heterocycles. The first kappa shape index (κ1) is 30.5. The Balaban J connectivity index is 1.31. The van der Waals surface area contributed by atoms with Gasteiger partial charge in [-0.3, -0.25) is 0 Å². The summed E-state index contributed by atoms with van der Waals surface area (Å²) in [6.45, 7) is 3.47. The quantitative estimate of drug-likeness (QED) is 0.175. The van der Waals surface area contributed by atoms with Gasteiger partial charge in [-0.25, -0.2) is 0 Å². The van der Waals surface area contributed by atoms with Gasteiger partial charge in [0.2, 0.25) is 0 Å². The van der Waals surface area contributed by atoms with Crippen molar-refractivity contribution in [2.75, 3.05) is 7.11 Å². The molecule has 1 aliphatic heterocycles. The van der Waals surface area contributed by atoms with Crippen molar-refractivity contribution in [2.24, 2.45) is 0 Å². The van der Waals surface area contributed by atoms with Crippen molar-refractivity contribution in [1.82, 2.24) is 0 Å². The van der Waals surface area contributed by atoms with Gasteiger partial charge in [-0.2, -0.15) is 0 Å². The Bertz CT molecular complexity index is 1340. The van der Waals surface area contributed by atoms with Crippen molar-refractivity contribution in [3.05, 3.63) is 138 Å². The first-order valence-electron chi connectivity index (χ1n) is 15.2. The van der Waals surface area contributed by atoms with Crippen LogP contribution in [0.2, 0.25) is 0 Å². The molecule has 2 fully saturated rings. The molecular formula is C37H40O7. The van der Waals surface area contributed by atoms with E-state index in [4.69, 9.17) is 33.2 Å². The summed E-state index contributed by atoms with van der Waals surface area (Å²) in [6, 6.07) is 38.3. The molecule has 0 aromatic heterocycles. The van der Waals surface area contributed by atoms with Gasteiger partial charge in [0.15, 0.2) is 6.29 Å². The minimum atomic E-state index is -0.497. The lowest BCUT2D eigenvalue weighted by molar-refractivity contribution is -0.369. The van der Waals surface area contributed by atoms with E-state index in [1.807, 2.05) is 85.8 Å². The topological polar surface area (TPSA) is 64.6 Å². The molecule has 3 unspecified atom stereocenters. The molecule has 7 heteroatoms. The summed E-state index contributed by atoms with van der Waals surface area (Å²) in [4.78, 5) is 0. The van der Waals surface area contributed by atoms with Crippen LogP contribution in [0.5, 0.6) is 5.75 Å². The fraction of sp³-hybridized carbons (Fsp3) is 0.351. The molecular weight excluding hydrogens is 556 g/mol. The fourth-order valence-electron chi connectivity index (χ4n) is 5.88. The van der Waals surface area contributed by atoms with Crippen molar-refractivity contribution in [3.8, 4) is 5.75 Å². The van der Waals surface area contributed by atoms with Gasteiger partial charge in [0, 0.05) is 0 Å². The Labute approximate surface area is 259 Å². The van der Waals surface area contributed by atoms with Gasteiger partial charge in [0.05, 0.1) is 33.5 Å². The monoisotopic (exact) mass is 596 g/mol. The maximum absolute atomic E-state index is 6.72. The van der Waals surface area contributed by atoms with Crippen LogP contribution >= 0.6 is 0 Å². The second-order valence-corrected chi connectivity index (χ2v) is 11.2. The molecule has 7 atom stereocenters. The molecule has 0 radical (unpaired) electrons. The summed E-state index contributed by atoms with van der Waals surface area (Å²) in [5.41, 5.74) is 4.21. The van der Waals surface area contributed by atoms with Crippen LogP contribution in [-0.2, 0) is 54.8 Å². The van der Waals surface area contributed by atoms with E-state index in [0.717, 1.165) is 28.0 Å². The summed E-state index contributed by atoms with van der Waals surface area (Å²) < 4.78 is 45.0. The van der Waals surface area contributed by atoms with Gasteiger partial charge in [-0.1, -0.05) is 103 Å². The number of rotatable bonds is 13. The smallest absolute Gasteiger partial charge is 0.156 e. The molecule has 2 bridgehead atoms. The maximum atomic E-state index is 6.72. The molecule has 1 aliphatic carbocycles. The average Bonchev–Trinajstić information content (AvgIpc) is 3.07. The lowest BCUT2D eigenvalue weighted by Crippen LogP contribution is -2.70. The highest BCUT2D eigenvalue weighted by Crippen LogP contribution is 2.39. The summed E-state index contributed by atoms with van der Waals surface area (Å²) in [5.74, 6) is 0.795. The predicted molar refractivity (Wildman–Crippen MR) is 166 cm³/mol. The summed E-state index contributed by atoms with van der Waals surface area (Å²) in [6.07, 6.45) is -3.25. The molecule has 0 amide bonds. The van der Waals surface area contributed by atoms with Gasteiger partial charge in [0.1, 0.15) is 42.4 Å². The molecule has 0 spiro atoms. The molecule has 1 saturated carbocycles. The predicted octanol–water partition coefficient (Wildman–Crippen LogP) is 6.48. The van der Waals surface area contributed by atoms with Crippen LogP contribution in [-0.4, -0.2) is 50.0 Å². The van der Waals surface area contributed by atoms with Crippen LogP contribution in [0.15, 0.2) is 115 Å². The standard InChI is InChI=1S/C37H40O7/c1-26-43-36-33(40-22-27-12-6-3-7-13-27)32(39-25-30-18-20-31(38-2)21-19-30)34(41-23-28-14-8-4-9-15-28)37(44-26)35(36)42-24-29-16-10-5-11-17-29/h3-21,26,32-37H,22-25H2,1-2H3/t26?,32?,33-,34-,35?,36-,37+/m1/s1. The maximum Gasteiger partial charge on any atom is 0.156 e. The van der Waals surface area contributed by atoms with E-state index in [1.165, 1.54) is 0 Å². The zero-order valence-corrected chi connectivity index (χ0v) is 25.2. The Kier molecular flexibility index (Phi) is 10.3. The SMILES string of the molecule is COc1ccc(COC2[C@@H](OCc3ccccc3)[C@@H]3OC(C)O[C@@H](C3OCc3ccccc3)[C@@H]2OCc2ccccc2)cc1. The zero-order chi connectivity index (χ0) is 30.1. The fourth-order valence-corrected chi connectivity index (χ4v) is 5.88. The van der Waals surface area contributed by atoms with Crippen LogP contribution < -0.4 is 4.74 Å². The highest BCUT2D eigenvalue weighted by molar-refractivity contribution is 5.27. The van der Waals surface area contributed by atoms with Crippen LogP contribution in [0.4, 0.5) is 0 Å². The van der Waals surface area contributed by atoms with E-state index in [2.05, 4.69) is 36.4 Å². The van der Waals surface area contributed by atoms with E-state index >= 15 is 0 Å². The third kappa shape index (κ3) is 7.56. The zero-order valence-electron chi connectivity index (χ0n) is 25.2. The van der Waals surface area contributed by atoms with Crippen LogP contribution in [0.1, 0.15) is 29.2 Å². The Morgan fingerprint density at radius 1 is 0.455 bits per heavy atom. The highest BCUT2D eigenvalue weighted by Gasteiger charge is 2.58. The third-order valence-corrected chi connectivity index (χ3v) is 8.10. The molecule has 4 aromatic carbocycles. The largest absolute Gasteiger partial charge is 0.497 e. The normalized spacial score (nSPS) is 26.3. The first-order valence-corrected chi connectivity index (χ1v) is 15.2. The molecule has 6 rings (SSSR count). The summed E-state index contributed by atoms with van der Waals surface area (Å²) in [5, 5.41) is 0. The summed E-state index contributed by atoms with van der Waals surface area (Å²) >= 11 is 0. The van der Waals surface area contributed by atoms with Gasteiger partial charge in [-0.15, -0.1) is 0 Å². The summed E-state index contributed by atoms with van der Waals surface area (Å²) in [7, 11) is 1.66. The molecule has 4 aromatic rings. The van der Waals surface area contributed by atoms with E-state index < -0.39 is 42.9 Å². The average molecular weight is 597 g/mol. The van der Waals surface area contributed by atoms with Crippen LogP contribution in [0, 0.1) is 0 Å². The van der Waals surface area contributed by atoms with Gasteiger partial charge < -0.3 is 33.2 Å². The number of benzene rings is 4. The van der Waals surface area contributed by atoms with E-state index in [1.54, 1.807) is 7.11 Å². The molecule has 2 aliphatic rings. The number of ether oxygens (including phenoxy) is 7. The Morgan fingerprint density at radius 3 is 1.23 bits per heavy atom. The Hall–Kier alpha value is -3.56. The minimum Gasteiger partial charge on any atom is -0.497 e. The molecule has 44 heavy (non-hydrogen) atoms. The van der Waals surface area contributed by atoms with Crippen LogP contribution in [0.25, 0.3) is 0 Å². The first-order chi connectivity index (χ1) is 21.7. The van der Waals surface area contributed by atoms with Crippen molar-refractivity contribution in [3.63, 3.8) is 0 Å². The number of hydrogen-bond acceptors (Lipinski definition) is 7. The van der Waals surface area contributed by atoms with Crippen molar-refractivity contribution in [2.45, 2.75) is 76.3 Å². The van der Waals surface area contributed by atoms with E-state index in [-0.39, 0.29) is 0 Å². The van der Waals surface area contributed by atoms with E-state index in [9.17, 15) is 0 Å². The second kappa shape index (κ2) is 14.9. The Morgan fingerprint density at radius 2 is 0.818 bits per heavy atom. The second-order valence-electron chi connectivity index (χ2n) is 11.2. The van der Waals surface area contributed by atoms with Crippen LogP contribution in [0.3, 0.4) is 0 Å². The van der Waals surface area contributed by atoms with Crippen molar-refractivity contribution >= 4 is 0 Å². The molecule has 230 valence electrons. The highest BCUT2D eigenvalue weighted by atomic mass is 16.7. The van der Waals surface area contributed by atoms with Gasteiger partial charge in [-0.05, 0) is 41.3 Å². The molecule has 7 nitrogen and oxygen atoms in total. The lowest BCUT2D eigenvalue weighted by Gasteiger charge is -2.53. The van der Waals surface area contributed by atoms with E-state index in [0.29, 0.717) is 26.4 Å². The number of fused-ring (bicyclic) bond motifs is 2. The van der Waals surface area contributed by atoms with Crippen molar-refractivity contribution < 1.29 is 33.2 Å². The molecule has 0 N–H and O–H groups in total. The van der Waals surface area contributed by atoms with Gasteiger partial charge >= 0.3 is 0 Å². The van der Waals surface area contributed by atoms with Gasteiger partial charge in [0.25, 0.3) is 0 Å².